The molecule has 92 valence electrons. The van der Waals surface area contributed by atoms with Gasteiger partial charge in [-0.25, -0.2) is 9.97 Å². The van der Waals surface area contributed by atoms with Gasteiger partial charge in [0.2, 0.25) is 5.91 Å². The van der Waals surface area contributed by atoms with Gasteiger partial charge in [-0.15, -0.1) is 11.8 Å². The van der Waals surface area contributed by atoms with E-state index in [4.69, 9.17) is 0 Å². The Morgan fingerprint density at radius 3 is 2.94 bits per heavy atom. The number of amides is 1. The van der Waals surface area contributed by atoms with Crippen LogP contribution in [0.3, 0.4) is 0 Å². The number of hydrogen-bond donors (Lipinski definition) is 2. The van der Waals surface area contributed by atoms with Gasteiger partial charge in [-0.3, -0.25) is 4.79 Å². The van der Waals surface area contributed by atoms with Crippen molar-refractivity contribution in [3.8, 4) is 0 Å². The summed E-state index contributed by atoms with van der Waals surface area (Å²) in [6.07, 6.45) is 5.65. The zero-order chi connectivity index (χ0) is 12.3. The number of rotatable bonds is 5. The van der Waals surface area contributed by atoms with Crippen LogP contribution >= 0.6 is 11.8 Å². The molecular weight excluding hydrogens is 236 g/mol. The van der Waals surface area contributed by atoms with E-state index in [2.05, 4.69) is 20.6 Å². The predicted octanol–water partition coefficient (Wildman–Crippen LogP) is 1.28. The van der Waals surface area contributed by atoms with E-state index in [0.717, 1.165) is 17.9 Å². The number of hydrogen-bond acceptors (Lipinski definition) is 5. The number of nitrogens with one attached hydrogen (secondary N) is 2. The molecule has 1 atom stereocenters. The van der Waals surface area contributed by atoms with E-state index in [9.17, 15) is 4.79 Å². The first-order valence-electron chi connectivity index (χ1n) is 5.62. The van der Waals surface area contributed by atoms with Crippen molar-refractivity contribution in [2.75, 3.05) is 11.6 Å². The number of thioether (sulfide) groups is 1. The molecule has 1 fully saturated rings. The highest BCUT2D eigenvalue weighted by atomic mass is 32.2. The van der Waals surface area contributed by atoms with Crippen LogP contribution in [0.25, 0.3) is 0 Å². The Kier molecular flexibility index (Phi) is 3.83. The van der Waals surface area contributed by atoms with Crippen molar-refractivity contribution >= 4 is 23.5 Å². The molecule has 1 aliphatic carbocycles. The number of aromatic nitrogens is 2. The zero-order valence-electron chi connectivity index (χ0n) is 9.93. The van der Waals surface area contributed by atoms with Crippen molar-refractivity contribution in [1.82, 2.24) is 15.3 Å². The second-order valence-electron chi connectivity index (χ2n) is 4.09. The van der Waals surface area contributed by atoms with Gasteiger partial charge < -0.3 is 10.6 Å². The lowest BCUT2D eigenvalue weighted by Gasteiger charge is -2.14. The second kappa shape index (κ2) is 5.35. The van der Waals surface area contributed by atoms with E-state index in [1.807, 2.05) is 19.2 Å². The normalized spacial score (nSPS) is 16.4. The summed E-state index contributed by atoms with van der Waals surface area (Å²) in [5, 5.41) is 6.91. The molecule has 6 heteroatoms. The SMILES string of the molecule is CSc1cc(NC(C)C(=O)NC2CC2)ncn1. The molecule has 1 heterocycles. The lowest BCUT2D eigenvalue weighted by atomic mass is 10.3. The molecule has 1 amide bonds. The smallest absolute Gasteiger partial charge is 0.242 e. The van der Waals surface area contributed by atoms with Crippen LogP contribution in [0.1, 0.15) is 19.8 Å². The van der Waals surface area contributed by atoms with Crippen LogP contribution in [0.4, 0.5) is 5.82 Å². The molecule has 1 saturated carbocycles. The highest BCUT2D eigenvalue weighted by molar-refractivity contribution is 7.98. The topological polar surface area (TPSA) is 66.9 Å². The van der Waals surface area contributed by atoms with Crippen LogP contribution in [0.15, 0.2) is 17.4 Å². The highest BCUT2D eigenvalue weighted by Crippen LogP contribution is 2.19. The maximum Gasteiger partial charge on any atom is 0.242 e. The Balaban J connectivity index is 1.91. The summed E-state index contributed by atoms with van der Waals surface area (Å²) < 4.78 is 0. The maximum absolute atomic E-state index is 11.7. The predicted molar refractivity (Wildman–Crippen MR) is 68.1 cm³/mol. The molecule has 0 saturated heterocycles. The number of anilines is 1. The summed E-state index contributed by atoms with van der Waals surface area (Å²) in [6.45, 7) is 1.83. The minimum absolute atomic E-state index is 0.0248. The van der Waals surface area contributed by atoms with E-state index in [-0.39, 0.29) is 11.9 Å². The molecular formula is C11H16N4OS. The molecule has 2 rings (SSSR count). The maximum atomic E-state index is 11.7. The second-order valence-corrected chi connectivity index (χ2v) is 4.92. The van der Waals surface area contributed by atoms with Gasteiger partial charge in [-0.05, 0) is 26.0 Å². The van der Waals surface area contributed by atoms with Crippen LogP contribution in [0.5, 0.6) is 0 Å². The van der Waals surface area contributed by atoms with Gasteiger partial charge >= 0.3 is 0 Å². The summed E-state index contributed by atoms with van der Waals surface area (Å²) in [6, 6.07) is 1.95. The summed E-state index contributed by atoms with van der Waals surface area (Å²) in [5.74, 6) is 0.708. The molecule has 0 radical (unpaired) electrons. The lowest BCUT2D eigenvalue weighted by Crippen LogP contribution is -2.38. The molecule has 0 spiro atoms. The fourth-order valence-electron chi connectivity index (χ4n) is 1.37. The zero-order valence-corrected chi connectivity index (χ0v) is 10.8. The summed E-state index contributed by atoms with van der Waals surface area (Å²) in [4.78, 5) is 19.9. The van der Waals surface area contributed by atoms with E-state index >= 15 is 0 Å². The summed E-state index contributed by atoms with van der Waals surface area (Å²) in [5.41, 5.74) is 0. The molecule has 0 aliphatic heterocycles. The Labute approximate surface area is 105 Å². The Morgan fingerprint density at radius 1 is 1.53 bits per heavy atom. The molecule has 1 unspecified atom stereocenters. The third-order valence-electron chi connectivity index (χ3n) is 2.53. The van der Waals surface area contributed by atoms with Crippen LogP contribution in [0.2, 0.25) is 0 Å². The molecule has 1 aliphatic rings. The number of carbonyl (C=O) groups is 1. The lowest BCUT2D eigenvalue weighted by molar-refractivity contribution is -0.121. The molecule has 5 nitrogen and oxygen atoms in total. The number of carbonyl (C=O) groups excluding carboxylic acids is 1. The van der Waals surface area contributed by atoms with Crippen LogP contribution in [0, 0.1) is 0 Å². The summed E-state index contributed by atoms with van der Waals surface area (Å²) >= 11 is 1.55. The van der Waals surface area contributed by atoms with Crippen molar-refractivity contribution in [2.45, 2.75) is 36.9 Å². The van der Waals surface area contributed by atoms with Gasteiger partial charge in [0.15, 0.2) is 0 Å². The van der Waals surface area contributed by atoms with Gasteiger partial charge in [0.1, 0.15) is 23.2 Å². The molecule has 1 aromatic rings. The average molecular weight is 252 g/mol. The van der Waals surface area contributed by atoms with Crippen molar-refractivity contribution in [2.24, 2.45) is 0 Å². The Hall–Kier alpha value is -1.30. The Bertz CT molecular complexity index is 408. The van der Waals surface area contributed by atoms with E-state index < -0.39 is 0 Å². The standard InChI is InChI=1S/C11H16N4OS/c1-7(11(16)15-8-3-4-8)14-9-5-10(17-2)13-6-12-9/h5-8H,3-4H2,1-2H3,(H,15,16)(H,12,13,14). The van der Waals surface area contributed by atoms with Crippen LogP contribution in [-0.2, 0) is 4.79 Å². The summed E-state index contributed by atoms with van der Waals surface area (Å²) in [7, 11) is 0. The molecule has 0 bridgehead atoms. The molecule has 2 N–H and O–H groups in total. The highest BCUT2D eigenvalue weighted by Gasteiger charge is 2.25. The molecule has 17 heavy (non-hydrogen) atoms. The fraction of sp³-hybridized carbons (Fsp3) is 0.545. The van der Waals surface area contributed by atoms with Gasteiger partial charge in [0, 0.05) is 12.1 Å². The Morgan fingerprint density at radius 2 is 2.29 bits per heavy atom. The van der Waals surface area contributed by atoms with Crippen LogP contribution < -0.4 is 10.6 Å². The van der Waals surface area contributed by atoms with E-state index in [0.29, 0.717) is 11.9 Å². The first kappa shape index (κ1) is 12.2. The van der Waals surface area contributed by atoms with Gasteiger partial charge in [-0.1, -0.05) is 0 Å². The largest absolute Gasteiger partial charge is 0.358 e. The van der Waals surface area contributed by atoms with Crippen molar-refractivity contribution in [1.29, 1.82) is 0 Å². The quantitative estimate of drug-likeness (QED) is 0.610. The first-order valence-corrected chi connectivity index (χ1v) is 6.84. The average Bonchev–Trinajstić information content (AvgIpc) is 3.13. The third-order valence-corrected chi connectivity index (χ3v) is 3.17. The van der Waals surface area contributed by atoms with E-state index in [1.165, 1.54) is 6.33 Å². The minimum atomic E-state index is -0.278. The van der Waals surface area contributed by atoms with Gasteiger partial charge in [0.05, 0.1) is 0 Å². The number of nitrogens with zero attached hydrogens (tertiary/aromatic N) is 2. The third kappa shape index (κ3) is 3.59. The van der Waals surface area contributed by atoms with Gasteiger partial charge in [-0.2, -0.15) is 0 Å². The fourth-order valence-corrected chi connectivity index (χ4v) is 1.75. The minimum Gasteiger partial charge on any atom is -0.358 e. The molecule has 0 aromatic carbocycles. The van der Waals surface area contributed by atoms with Crippen LogP contribution in [-0.4, -0.2) is 34.2 Å². The van der Waals surface area contributed by atoms with E-state index in [1.54, 1.807) is 11.8 Å². The van der Waals surface area contributed by atoms with Crippen molar-refractivity contribution < 1.29 is 4.79 Å². The first-order chi connectivity index (χ1) is 8.19. The molecule has 1 aromatic heterocycles. The monoisotopic (exact) mass is 252 g/mol. The van der Waals surface area contributed by atoms with Crippen molar-refractivity contribution in [3.05, 3.63) is 12.4 Å². The van der Waals surface area contributed by atoms with Gasteiger partial charge in [0.25, 0.3) is 0 Å². The van der Waals surface area contributed by atoms with Crippen molar-refractivity contribution in [3.63, 3.8) is 0 Å².